The highest BCUT2D eigenvalue weighted by Crippen LogP contribution is 2.39. The van der Waals surface area contributed by atoms with E-state index in [2.05, 4.69) is 15.3 Å². The number of benzene rings is 1. The minimum absolute atomic E-state index is 0.0399. The van der Waals surface area contributed by atoms with Crippen molar-refractivity contribution < 1.29 is 13.6 Å². The number of hydrogen-bond donors (Lipinski definition) is 2. The minimum atomic E-state index is -0.796. The molecular weight excluding hydrogens is 426 g/mol. The molecule has 0 unspecified atom stereocenters. The van der Waals surface area contributed by atoms with Gasteiger partial charge in [0.25, 0.3) is 5.91 Å². The number of nitriles is 1. The van der Waals surface area contributed by atoms with Crippen molar-refractivity contribution >= 4 is 11.6 Å². The van der Waals surface area contributed by atoms with E-state index in [1.807, 2.05) is 24.0 Å². The Morgan fingerprint density at radius 3 is 2.64 bits per heavy atom. The molecule has 7 nitrogen and oxygen atoms in total. The molecule has 1 aliphatic heterocycles. The highest BCUT2D eigenvalue weighted by molar-refractivity contribution is 6.04. The molecular formula is C24H22F2N6O. The number of carbonyl (C=O) groups excluding carboxylic acids is 1. The van der Waals surface area contributed by atoms with Crippen LogP contribution < -0.4 is 16.0 Å². The van der Waals surface area contributed by atoms with Crippen molar-refractivity contribution in [3.63, 3.8) is 0 Å². The zero-order chi connectivity index (χ0) is 23.6. The fourth-order valence-electron chi connectivity index (χ4n) is 4.00. The van der Waals surface area contributed by atoms with Gasteiger partial charge in [-0.05, 0) is 43.2 Å². The van der Waals surface area contributed by atoms with Crippen molar-refractivity contribution in [2.45, 2.75) is 25.4 Å². The number of nitrogens with two attached hydrogens (primary N) is 1. The van der Waals surface area contributed by atoms with Crippen LogP contribution in [-0.4, -0.2) is 34.5 Å². The van der Waals surface area contributed by atoms with Crippen molar-refractivity contribution in [3.8, 4) is 17.2 Å². The van der Waals surface area contributed by atoms with E-state index in [1.165, 1.54) is 6.20 Å². The summed E-state index contributed by atoms with van der Waals surface area (Å²) in [4.78, 5) is 23.4. The van der Waals surface area contributed by atoms with Crippen LogP contribution in [0.5, 0.6) is 0 Å². The van der Waals surface area contributed by atoms with Gasteiger partial charge in [-0.1, -0.05) is 6.07 Å². The van der Waals surface area contributed by atoms with Crippen LogP contribution in [-0.2, 0) is 6.54 Å². The fraction of sp³-hybridized carbons (Fsp3) is 0.250. The first-order valence-electron chi connectivity index (χ1n) is 10.4. The number of anilines is 1. The number of pyridine rings is 2. The zero-order valence-electron chi connectivity index (χ0n) is 18.0. The summed E-state index contributed by atoms with van der Waals surface area (Å²) in [6.45, 7) is 2.97. The Labute approximate surface area is 189 Å². The molecule has 1 amide bonds. The van der Waals surface area contributed by atoms with Gasteiger partial charge in [0, 0.05) is 42.7 Å². The quantitative estimate of drug-likeness (QED) is 0.621. The van der Waals surface area contributed by atoms with Crippen molar-refractivity contribution in [1.82, 2.24) is 15.3 Å². The molecule has 3 aromatic rings. The highest BCUT2D eigenvalue weighted by Gasteiger charge is 2.34. The van der Waals surface area contributed by atoms with Crippen molar-refractivity contribution in [2.24, 2.45) is 5.73 Å². The first-order chi connectivity index (χ1) is 15.8. The summed E-state index contributed by atoms with van der Waals surface area (Å²) < 4.78 is 28.2. The van der Waals surface area contributed by atoms with E-state index in [1.54, 1.807) is 18.3 Å². The number of nitrogens with zero attached hydrogens (tertiary/aromatic N) is 4. The third kappa shape index (κ3) is 4.81. The number of hydrogen-bond acceptors (Lipinski definition) is 6. The maximum atomic E-state index is 14.1. The number of carbonyl (C=O) groups is 1. The zero-order valence-corrected chi connectivity index (χ0v) is 18.0. The molecule has 3 N–H and O–H groups in total. The SMILES string of the molecule is C[C@]1(N)CCN(c2c(C(=O)NCc3ccccn3)cnc(C#N)c2-c2cc(F)cc(F)c2)C1. The monoisotopic (exact) mass is 448 g/mol. The van der Waals surface area contributed by atoms with Crippen LogP contribution in [0, 0.1) is 23.0 Å². The molecule has 1 aromatic carbocycles. The molecule has 1 saturated heterocycles. The summed E-state index contributed by atoms with van der Waals surface area (Å²) in [5.74, 6) is -2.04. The Bertz CT molecular complexity index is 1220. The van der Waals surface area contributed by atoms with Gasteiger partial charge in [-0.15, -0.1) is 0 Å². The van der Waals surface area contributed by atoms with Crippen molar-refractivity contribution in [1.29, 1.82) is 5.26 Å². The van der Waals surface area contributed by atoms with Gasteiger partial charge in [-0.3, -0.25) is 9.78 Å². The average Bonchev–Trinajstić information content (AvgIpc) is 3.15. The lowest BCUT2D eigenvalue weighted by Gasteiger charge is -2.27. The summed E-state index contributed by atoms with van der Waals surface area (Å²) in [6.07, 6.45) is 3.58. The lowest BCUT2D eigenvalue weighted by molar-refractivity contribution is 0.0950. The van der Waals surface area contributed by atoms with E-state index < -0.39 is 23.1 Å². The lowest BCUT2D eigenvalue weighted by Crippen LogP contribution is -2.39. The van der Waals surface area contributed by atoms with Crippen molar-refractivity contribution in [2.75, 3.05) is 18.0 Å². The van der Waals surface area contributed by atoms with Crippen LogP contribution in [0.3, 0.4) is 0 Å². The number of nitrogens with one attached hydrogen (secondary N) is 1. The van der Waals surface area contributed by atoms with Gasteiger partial charge >= 0.3 is 0 Å². The van der Waals surface area contributed by atoms with E-state index in [4.69, 9.17) is 5.73 Å². The van der Waals surface area contributed by atoms with E-state index in [0.717, 1.165) is 18.2 Å². The molecule has 4 rings (SSSR count). The molecule has 33 heavy (non-hydrogen) atoms. The Hall–Kier alpha value is -3.90. The molecule has 168 valence electrons. The maximum absolute atomic E-state index is 14.1. The van der Waals surface area contributed by atoms with Crippen molar-refractivity contribution in [3.05, 3.63) is 77.4 Å². The summed E-state index contributed by atoms with van der Waals surface area (Å²) in [5.41, 5.74) is 7.29. The molecule has 0 saturated carbocycles. The predicted molar refractivity (Wildman–Crippen MR) is 119 cm³/mol. The van der Waals surface area contributed by atoms with Gasteiger partial charge in [0.05, 0.1) is 23.5 Å². The number of rotatable bonds is 5. The predicted octanol–water partition coefficient (Wildman–Crippen LogP) is 3.15. The maximum Gasteiger partial charge on any atom is 0.255 e. The molecule has 1 fully saturated rings. The van der Waals surface area contributed by atoms with Crippen LogP contribution in [0.15, 0.2) is 48.8 Å². The molecule has 3 heterocycles. The molecule has 0 spiro atoms. The number of amides is 1. The highest BCUT2D eigenvalue weighted by atomic mass is 19.1. The molecule has 0 radical (unpaired) electrons. The lowest BCUT2D eigenvalue weighted by atomic mass is 9.97. The standard InChI is InChI=1S/C24H22F2N6O/c1-24(28)5-7-32(14-24)22-19(23(33)31-12-18-4-2-3-6-29-18)13-30-20(11-27)21(22)15-8-16(25)10-17(26)9-15/h2-4,6,8-10,13H,5,7,12,14,28H2,1H3,(H,31,33)/t24-/m0/s1. The van der Waals surface area contributed by atoms with E-state index >= 15 is 0 Å². The summed E-state index contributed by atoms with van der Waals surface area (Å²) in [5, 5.41) is 12.5. The molecule has 2 aromatic heterocycles. The van der Waals surface area contributed by atoms with Crippen LogP contribution in [0.2, 0.25) is 0 Å². The van der Waals surface area contributed by atoms with E-state index in [0.29, 0.717) is 30.9 Å². The third-order valence-electron chi connectivity index (χ3n) is 5.53. The molecule has 1 aliphatic rings. The minimum Gasteiger partial charge on any atom is -0.368 e. The second kappa shape index (κ2) is 8.92. The normalized spacial score (nSPS) is 17.6. The van der Waals surface area contributed by atoms with E-state index in [-0.39, 0.29) is 28.9 Å². The molecule has 9 heteroatoms. The Morgan fingerprint density at radius 1 is 1.27 bits per heavy atom. The summed E-state index contributed by atoms with van der Waals surface area (Å²) >= 11 is 0. The van der Waals surface area contributed by atoms with Gasteiger partial charge < -0.3 is 16.0 Å². The van der Waals surface area contributed by atoms with Gasteiger partial charge in [0.15, 0.2) is 0 Å². The largest absolute Gasteiger partial charge is 0.368 e. The first-order valence-corrected chi connectivity index (χ1v) is 10.4. The smallest absolute Gasteiger partial charge is 0.255 e. The fourth-order valence-corrected chi connectivity index (χ4v) is 4.00. The first kappa shape index (κ1) is 22.3. The van der Waals surface area contributed by atoms with Gasteiger partial charge in [0.2, 0.25) is 0 Å². The third-order valence-corrected chi connectivity index (χ3v) is 5.53. The summed E-state index contributed by atoms with van der Waals surface area (Å²) in [6, 6.07) is 10.3. The average molecular weight is 448 g/mol. The Morgan fingerprint density at radius 2 is 2.03 bits per heavy atom. The molecule has 1 atom stereocenters. The second-order valence-electron chi connectivity index (χ2n) is 8.34. The number of halogens is 2. The van der Waals surface area contributed by atoms with Gasteiger partial charge in [0.1, 0.15) is 23.4 Å². The number of aromatic nitrogens is 2. The second-order valence-corrected chi connectivity index (χ2v) is 8.34. The Balaban J connectivity index is 1.84. The van der Waals surface area contributed by atoms with Crippen LogP contribution >= 0.6 is 0 Å². The summed E-state index contributed by atoms with van der Waals surface area (Å²) in [7, 11) is 0. The van der Waals surface area contributed by atoms with Gasteiger partial charge in [-0.25, -0.2) is 13.8 Å². The van der Waals surface area contributed by atoms with E-state index in [9.17, 15) is 18.8 Å². The molecule has 0 bridgehead atoms. The van der Waals surface area contributed by atoms with Crippen LogP contribution in [0.1, 0.15) is 35.1 Å². The molecule has 0 aliphatic carbocycles. The van der Waals surface area contributed by atoms with Crippen LogP contribution in [0.25, 0.3) is 11.1 Å². The topological polar surface area (TPSA) is 108 Å². The Kier molecular flexibility index (Phi) is 6.03. The van der Waals surface area contributed by atoms with Gasteiger partial charge in [-0.2, -0.15) is 5.26 Å². The van der Waals surface area contributed by atoms with Crippen LogP contribution in [0.4, 0.5) is 14.5 Å².